The SMILES string of the molecule is Cl.OC(CN1CCc2ccccc2C1)CN1c2ccccc2Sc2ccccc21. The number of fused-ring (bicyclic) bond motifs is 3. The van der Waals surface area contributed by atoms with Gasteiger partial charge in [-0.05, 0) is 41.8 Å². The van der Waals surface area contributed by atoms with Gasteiger partial charge in [0, 0.05) is 29.4 Å². The van der Waals surface area contributed by atoms with Gasteiger partial charge in [0.2, 0.25) is 0 Å². The standard InChI is InChI=1S/C24H24N2OS.ClH/c27-20(16-25-14-13-18-7-1-2-8-19(18)15-25)17-26-21-9-3-5-11-23(21)28-24-12-6-4-10-22(24)26;/h1-12,20,27H,13-17H2;1H. The summed E-state index contributed by atoms with van der Waals surface area (Å²) < 4.78 is 0. The molecular formula is C24H25ClN2OS. The molecule has 2 heterocycles. The normalized spacial score (nSPS) is 16.2. The summed E-state index contributed by atoms with van der Waals surface area (Å²) in [4.78, 5) is 7.16. The number of rotatable bonds is 4. The van der Waals surface area contributed by atoms with Crippen molar-refractivity contribution >= 4 is 35.5 Å². The molecule has 5 rings (SSSR count). The number of nitrogens with zero attached hydrogens (tertiary/aromatic N) is 2. The molecule has 150 valence electrons. The van der Waals surface area contributed by atoms with Crippen LogP contribution in [-0.2, 0) is 13.0 Å². The Morgan fingerprint density at radius 3 is 2.07 bits per heavy atom. The van der Waals surface area contributed by atoms with E-state index in [-0.39, 0.29) is 12.4 Å². The predicted octanol–water partition coefficient (Wildman–Crippen LogP) is 5.13. The Kier molecular flexibility index (Phi) is 6.16. The molecule has 0 saturated heterocycles. The van der Waals surface area contributed by atoms with Gasteiger partial charge in [0.25, 0.3) is 0 Å². The Morgan fingerprint density at radius 2 is 1.38 bits per heavy atom. The maximum atomic E-state index is 11.0. The van der Waals surface area contributed by atoms with Crippen molar-refractivity contribution in [2.45, 2.75) is 28.9 Å². The highest BCUT2D eigenvalue weighted by atomic mass is 35.5. The number of aliphatic hydroxyl groups is 1. The quantitative estimate of drug-likeness (QED) is 0.628. The summed E-state index contributed by atoms with van der Waals surface area (Å²) in [6.07, 6.45) is 0.657. The van der Waals surface area contributed by atoms with Crippen LogP contribution >= 0.6 is 24.2 Å². The summed E-state index contributed by atoms with van der Waals surface area (Å²) in [5, 5.41) is 11.0. The van der Waals surface area contributed by atoms with Crippen LogP contribution in [0.1, 0.15) is 11.1 Å². The number of benzene rings is 3. The average Bonchev–Trinajstić information content (AvgIpc) is 2.73. The minimum Gasteiger partial charge on any atom is -0.390 e. The largest absolute Gasteiger partial charge is 0.390 e. The van der Waals surface area contributed by atoms with Crippen molar-refractivity contribution in [2.24, 2.45) is 0 Å². The molecule has 0 bridgehead atoms. The molecule has 1 unspecified atom stereocenters. The van der Waals surface area contributed by atoms with Crippen LogP contribution in [0.3, 0.4) is 0 Å². The Morgan fingerprint density at radius 1 is 0.793 bits per heavy atom. The molecule has 0 saturated carbocycles. The van der Waals surface area contributed by atoms with Crippen LogP contribution in [0, 0.1) is 0 Å². The zero-order chi connectivity index (χ0) is 18.9. The molecule has 1 N–H and O–H groups in total. The molecule has 0 spiro atoms. The molecule has 2 aliphatic heterocycles. The lowest BCUT2D eigenvalue weighted by molar-refractivity contribution is 0.111. The Labute approximate surface area is 182 Å². The Hall–Kier alpha value is -1.98. The van der Waals surface area contributed by atoms with Crippen molar-refractivity contribution in [3.8, 4) is 0 Å². The summed E-state index contributed by atoms with van der Waals surface area (Å²) in [6.45, 7) is 3.24. The van der Waals surface area contributed by atoms with Crippen LogP contribution in [0.4, 0.5) is 11.4 Å². The zero-order valence-corrected chi connectivity index (χ0v) is 17.8. The van der Waals surface area contributed by atoms with Gasteiger partial charge in [-0.25, -0.2) is 0 Å². The molecule has 0 aromatic heterocycles. The summed E-state index contributed by atoms with van der Waals surface area (Å²) in [5.74, 6) is 0. The number of halogens is 1. The van der Waals surface area contributed by atoms with E-state index in [1.54, 1.807) is 0 Å². The first-order chi connectivity index (χ1) is 13.8. The van der Waals surface area contributed by atoms with Crippen molar-refractivity contribution in [3.63, 3.8) is 0 Å². The lowest BCUT2D eigenvalue weighted by Gasteiger charge is -2.36. The molecule has 0 amide bonds. The number of hydrogen-bond donors (Lipinski definition) is 1. The van der Waals surface area contributed by atoms with Gasteiger partial charge in [0.15, 0.2) is 0 Å². The maximum Gasteiger partial charge on any atom is 0.0846 e. The smallest absolute Gasteiger partial charge is 0.0846 e. The summed E-state index contributed by atoms with van der Waals surface area (Å²) >= 11 is 1.81. The number of anilines is 2. The van der Waals surface area contributed by atoms with Crippen LogP contribution in [0.25, 0.3) is 0 Å². The third-order valence-electron chi connectivity index (χ3n) is 5.60. The highest BCUT2D eigenvalue weighted by molar-refractivity contribution is 7.99. The minimum atomic E-state index is -0.408. The van der Waals surface area contributed by atoms with E-state index in [1.165, 1.54) is 32.3 Å². The monoisotopic (exact) mass is 424 g/mol. The molecule has 2 aliphatic rings. The first-order valence-electron chi connectivity index (χ1n) is 9.88. The molecule has 0 fully saturated rings. The lowest BCUT2D eigenvalue weighted by Crippen LogP contribution is -2.41. The van der Waals surface area contributed by atoms with Gasteiger partial charge in [-0.3, -0.25) is 4.90 Å². The summed E-state index contributed by atoms with van der Waals surface area (Å²) in [7, 11) is 0. The average molecular weight is 425 g/mol. The van der Waals surface area contributed by atoms with Crippen molar-refractivity contribution in [2.75, 3.05) is 24.5 Å². The van der Waals surface area contributed by atoms with E-state index in [4.69, 9.17) is 0 Å². The van der Waals surface area contributed by atoms with Gasteiger partial charge in [0.1, 0.15) is 0 Å². The highest BCUT2D eigenvalue weighted by Gasteiger charge is 2.26. The highest BCUT2D eigenvalue weighted by Crippen LogP contribution is 2.47. The fraction of sp³-hybridized carbons (Fsp3) is 0.250. The van der Waals surface area contributed by atoms with Crippen LogP contribution in [0.5, 0.6) is 0 Å². The third kappa shape index (κ3) is 4.17. The number of aliphatic hydroxyl groups excluding tert-OH is 1. The fourth-order valence-electron chi connectivity index (χ4n) is 4.25. The molecule has 3 aromatic carbocycles. The van der Waals surface area contributed by atoms with Gasteiger partial charge in [-0.2, -0.15) is 0 Å². The molecule has 29 heavy (non-hydrogen) atoms. The number of para-hydroxylation sites is 2. The van der Waals surface area contributed by atoms with Crippen LogP contribution in [0.2, 0.25) is 0 Å². The second kappa shape index (κ2) is 8.80. The number of hydrogen-bond acceptors (Lipinski definition) is 4. The minimum absolute atomic E-state index is 0. The van der Waals surface area contributed by atoms with Crippen LogP contribution in [-0.4, -0.2) is 35.7 Å². The Bertz CT molecular complexity index is 950. The van der Waals surface area contributed by atoms with Gasteiger partial charge in [0.05, 0.1) is 24.0 Å². The van der Waals surface area contributed by atoms with Crippen molar-refractivity contribution in [1.82, 2.24) is 4.90 Å². The summed E-state index contributed by atoms with van der Waals surface area (Å²) in [6, 6.07) is 25.6. The maximum absolute atomic E-state index is 11.0. The van der Waals surface area contributed by atoms with Gasteiger partial charge in [-0.1, -0.05) is 60.3 Å². The van der Waals surface area contributed by atoms with E-state index in [0.717, 1.165) is 19.5 Å². The van der Waals surface area contributed by atoms with E-state index in [0.29, 0.717) is 13.1 Å². The van der Waals surface area contributed by atoms with Crippen molar-refractivity contribution < 1.29 is 5.11 Å². The van der Waals surface area contributed by atoms with E-state index < -0.39 is 6.10 Å². The zero-order valence-electron chi connectivity index (χ0n) is 16.2. The van der Waals surface area contributed by atoms with Crippen molar-refractivity contribution in [1.29, 1.82) is 0 Å². The topological polar surface area (TPSA) is 26.7 Å². The van der Waals surface area contributed by atoms with Crippen molar-refractivity contribution in [3.05, 3.63) is 83.9 Å². The third-order valence-corrected chi connectivity index (χ3v) is 6.73. The van der Waals surface area contributed by atoms with E-state index in [9.17, 15) is 5.11 Å². The Balaban J connectivity index is 0.00000205. The molecule has 1 atom stereocenters. The van der Waals surface area contributed by atoms with Crippen LogP contribution < -0.4 is 4.90 Å². The van der Waals surface area contributed by atoms with E-state index in [1.807, 2.05) is 11.8 Å². The molecule has 5 heteroatoms. The first kappa shape index (κ1) is 20.3. The summed E-state index contributed by atoms with van der Waals surface area (Å²) in [5.41, 5.74) is 5.22. The number of β-amino-alcohol motifs (C(OH)–C–C–N with tert-alkyl or cyclic N) is 1. The fourth-order valence-corrected chi connectivity index (χ4v) is 5.35. The molecule has 3 aromatic rings. The molecular weight excluding hydrogens is 400 g/mol. The lowest BCUT2D eigenvalue weighted by atomic mass is 10.00. The first-order valence-corrected chi connectivity index (χ1v) is 10.7. The molecule has 0 aliphatic carbocycles. The van der Waals surface area contributed by atoms with Gasteiger partial charge < -0.3 is 10.0 Å². The van der Waals surface area contributed by atoms with E-state index in [2.05, 4.69) is 82.6 Å². The molecule has 3 nitrogen and oxygen atoms in total. The molecule has 0 radical (unpaired) electrons. The second-order valence-electron chi connectivity index (χ2n) is 7.56. The van der Waals surface area contributed by atoms with E-state index >= 15 is 0 Å². The van der Waals surface area contributed by atoms with Gasteiger partial charge >= 0.3 is 0 Å². The van der Waals surface area contributed by atoms with Crippen LogP contribution in [0.15, 0.2) is 82.6 Å². The predicted molar refractivity (Wildman–Crippen MR) is 123 cm³/mol. The van der Waals surface area contributed by atoms with Gasteiger partial charge in [-0.15, -0.1) is 12.4 Å². The second-order valence-corrected chi connectivity index (χ2v) is 8.64.